The first-order valence-corrected chi connectivity index (χ1v) is 20.5. The maximum Gasteiger partial charge on any atom is 0.265 e. The van der Waals surface area contributed by atoms with E-state index in [2.05, 4.69) is 34.3 Å². The highest BCUT2D eigenvalue weighted by Gasteiger charge is 2.51. The molecule has 3 heterocycles. The summed E-state index contributed by atoms with van der Waals surface area (Å²) in [5.41, 5.74) is 12.9. The lowest BCUT2D eigenvalue weighted by molar-refractivity contribution is -0.205. The summed E-state index contributed by atoms with van der Waals surface area (Å²) in [4.78, 5) is 59.5. The molecule has 2 aliphatic rings. The summed E-state index contributed by atoms with van der Waals surface area (Å²) in [6, 6.07) is 38.9. The molecule has 0 unspecified atom stereocenters. The molecule has 12 nitrogen and oxygen atoms in total. The van der Waals surface area contributed by atoms with Crippen molar-refractivity contribution in [2.45, 2.75) is 44.6 Å². The van der Waals surface area contributed by atoms with Crippen LogP contribution in [0.1, 0.15) is 39.0 Å². The fourth-order valence-electron chi connectivity index (χ4n) is 8.58. The molecule has 2 atom stereocenters. The van der Waals surface area contributed by atoms with Crippen molar-refractivity contribution in [3.8, 4) is 16.9 Å². The number of phenolic OH excluding ortho intramolecular Hbond substituents is 1. The minimum Gasteiger partial charge on any atom is -0.508 e. The van der Waals surface area contributed by atoms with E-state index < -0.39 is 12.2 Å². The molecule has 4 amide bonds. The third kappa shape index (κ3) is 8.82. The van der Waals surface area contributed by atoms with Gasteiger partial charge < -0.3 is 19.5 Å². The highest BCUT2D eigenvalue weighted by Crippen LogP contribution is 2.35. The van der Waals surface area contributed by atoms with Crippen molar-refractivity contribution in [2.24, 2.45) is 7.05 Å². The van der Waals surface area contributed by atoms with Crippen LogP contribution in [0.4, 0.5) is 0 Å². The van der Waals surface area contributed by atoms with Crippen molar-refractivity contribution < 1.29 is 24.3 Å². The number of nitrogens with zero attached hydrogens (tertiary/aromatic N) is 5. The minimum atomic E-state index is -0.890. The van der Waals surface area contributed by atoms with Gasteiger partial charge in [-0.15, -0.1) is 6.58 Å². The normalized spacial score (nSPS) is 16.8. The molecule has 0 radical (unpaired) electrons. The van der Waals surface area contributed by atoms with E-state index in [1.807, 2.05) is 92.0 Å². The van der Waals surface area contributed by atoms with Crippen LogP contribution in [0.25, 0.3) is 22.0 Å². The first kappa shape index (κ1) is 40.7. The van der Waals surface area contributed by atoms with Crippen LogP contribution in [-0.2, 0) is 47.4 Å². The Morgan fingerprint density at radius 2 is 1.54 bits per heavy atom. The standard InChI is InChI=1S/C49H49N7O5/c1-3-27-54-33-46(59)55-43(28-35-17-24-40(57)25-18-35)49(61)53(32-44(55)56(54)45(58)26-19-34-11-6-4-7-12-34)30-39-15-10-16-41-42(31-52(2)47(39)41)37-20-22-38(23-21-37)48(60)51-50-29-36-13-8-5-9-14-36/h3-18,20-25,31,43-44,50,57H,1,19,26-30,32-33H2,2H3,(H,51,60)/t43-,44-/m0/s1. The van der Waals surface area contributed by atoms with E-state index in [1.165, 1.54) is 0 Å². The number of hydrogen-bond donors (Lipinski definition) is 3. The molecule has 5 aromatic carbocycles. The first-order chi connectivity index (χ1) is 29.7. The summed E-state index contributed by atoms with van der Waals surface area (Å²) in [5, 5.41) is 14.4. The van der Waals surface area contributed by atoms with Crippen molar-refractivity contribution >= 4 is 34.5 Å². The molecular weight excluding hydrogens is 767 g/mol. The zero-order valence-electron chi connectivity index (χ0n) is 34.1. The van der Waals surface area contributed by atoms with Gasteiger partial charge in [0.25, 0.3) is 5.91 Å². The molecule has 0 saturated carbocycles. The largest absolute Gasteiger partial charge is 0.508 e. The third-order valence-corrected chi connectivity index (χ3v) is 11.5. The minimum absolute atomic E-state index is 0.0683. The van der Waals surface area contributed by atoms with Crippen LogP contribution in [0.15, 0.2) is 146 Å². The number of para-hydroxylation sites is 1. The van der Waals surface area contributed by atoms with Crippen molar-refractivity contribution in [3.05, 3.63) is 174 Å². The molecule has 3 N–H and O–H groups in total. The van der Waals surface area contributed by atoms with Gasteiger partial charge in [-0.05, 0) is 58.5 Å². The van der Waals surface area contributed by atoms with Gasteiger partial charge in [0.1, 0.15) is 18.0 Å². The zero-order chi connectivity index (χ0) is 42.5. The predicted octanol–water partition coefficient (Wildman–Crippen LogP) is 5.97. The van der Waals surface area contributed by atoms with Gasteiger partial charge in [0.05, 0.1) is 18.6 Å². The van der Waals surface area contributed by atoms with Crippen LogP contribution in [-0.4, -0.2) is 85.0 Å². The van der Waals surface area contributed by atoms with Crippen molar-refractivity contribution in [2.75, 3.05) is 19.6 Å². The Morgan fingerprint density at radius 3 is 2.25 bits per heavy atom. The summed E-state index contributed by atoms with van der Waals surface area (Å²) in [7, 11) is 1.98. The molecule has 310 valence electrons. The van der Waals surface area contributed by atoms with Gasteiger partial charge in [-0.2, -0.15) is 0 Å². The number of carbonyl (C=O) groups is 4. The Bertz CT molecular complexity index is 2540. The van der Waals surface area contributed by atoms with Crippen LogP contribution in [0.3, 0.4) is 0 Å². The third-order valence-electron chi connectivity index (χ3n) is 11.5. The lowest BCUT2D eigenvalue weighted by Crippen LogP contribution is -2.75. The Hall–Kier alpha value is -7.02. The predicted molar refractivity (Wildman–Crippen MR) is 234 cm³/mol. The first-order valence-electron chi connectivity index (χ1n) is 20.5. The van der Waals surface area contributed by atoms with Gasteiger partial charge in [-0.1, -0.05) is 109 Å². The number of aromatic nitrogens is 1. The Morgan fingerprint density at radius 1 is 0.836 bits per heavy atom. The van der Waals surface area contributed by atoms with Crippen LogP contribution in [0.5, 0.6) is 5.75 Å². The maximum atomic E-state index is 14.8. The Labute approximate surface area is 355 Å². The number of hydrazine groups is 2. The van der Waals surface area contributed by atoms with E-state index >= 15 is 0 Å². The maximum absolute atomic E-state index is 14.8. The number of carbonyl (C=O) groups excluding carboxylic acids is 4. The van der Waals surface area contributed by atoms with Gasteiger partial charge in [0.2, 0.25) is 17.7 Å². The topological polar surface area (TPSA) is 130 Å². The lowest BCUT2D eigenvalue weighted by Gasteiger charge is -2.55. The van der Waals surface area contributed by atoms with Crippen LogP contribution in [0.2, 0.25) is 0 Å². The highest BCUT2D eigenvalue weighted by atomic mass is 16.3. The molecule has 61 heavy (non-hydrogen) atoms. The Balaban J connectivity index is 1.08. The number of rotatable bonds is 14. The second-order valence-electron chi connectivity index (χ2n) is 15.6. The number of aryl methyl sites for hydroxylation is 2. The molecule has 1 aromatic heterocycles. The monoisotopic (exact) mass is 815 g/mol. The van der Waals surface area contributed by atoms with Gasteiger partial charge in [0, 0.05) is 62.2 Å². The molecule has 0 bridgehead atoms. The van der Waals surface area contributed by atoms with Gasteiger partial charge in [-0.25, -0.2) is 15.4 Å². The summed E-state index contributed by atoms with van der Waals surface area (Å²) >= 11 is 0. The molecule has 12 heteroatoms. The van der Waals surface area contributed by atoms with E-state index in [9.17, 15) is 24.3 Å². The fourth-order valence-corrected chi connectivity index (χ4v) is 8.58. The highest BCUT2D eigenvalue weighted by molar-refractivity contribution is 5.99. The lowest BCUT2D eigenvalue weighted by atomic mass is 9.97. The number of aromatic hydroxyl groups is 1. The molecule has 2 fully saturated rings. The van der Waals surface area contributed by atoms with E-state index in [1.54, 1.807) is 62.3 Å². The van der Waals surface area contributed by atoms with Crippen LogP contribution in [0, 0.1) is 0 Å². The smallest absolute Gasteiger partial charge is 0.265 e. The average Bonchev–Trinajstić information content (AvgIpc) is 3.62. The number of piperazine rings is 1. The van der Waals surface area contributed by atoms with Gasteiger partial charge >= 0.3 is 0 Å². The number of nitrogens with one attached hydrogen (secondary N) is 2. The van der Waals surface area contributed by atoms with Gasteiger partial charge in [-0.3, -0.25) is 24.6 Å². The number of phenols is 1. The quantitative estimate of drug-likeness (QED) is 0.0913. The Kier molecular flexibility index (Phi) is 12.1. The van der Waals surface area contributed by atoms with Crippen LogP contribution < -0.4 is 10.9 Å². The van der Waals surface area contributed by atoms with Gasteiger partial charge in [0.15, 0.2) is 0 Å². The van der Waals surface area contributed by atoms with E-state index in [0.29, 0.717) is 18.5 Å². The average molecular weight is 816 g/mol. The molecule has 0 aliphatic carbocycles. The second-order valence-corrected chi connectivity index (χ2v) is 15.6. The van der Waals surface area contributed by atoms with E-state index in [0.717, 1.165) is 44.3 Å². The van der Waals surface area contributed by atoms with E-state index in [4.69, 9.17) is 0 Å². The van der Waals surface area contributed by atoms with Crippen molar-refractivity contribution in [1.29, 1.82) is 0 Å². The molecule has 8 rings (SSSR count). The summed E-state index contributed by atoms with van der Waals surface area (Å²) in [6.07, 6.45) is 3.93. The number of benzene rings is 5. The SMILES string of the molecule is C=CCN1CC(=O)N2[C@@H](Cc3ccc(O)cc3)C(=O)N(Cc3cccc4c(-c5ccc(C(=O)NNCc6ccccc6)cc5)cn(C)c34)C[C@@H]2N1C(=O)CCc1ccccc1. The molecule has 0 spiro atoms. The number of fused-ring (bicyclic) bond motifs is 2. The number of hydrogen-bond acceptors (Lipinski definition) is 7. The summed E-state index contributed by atoms with van der Waals surface area (Å²) < 4.78 is 2.05. The molecule has 2 saturated heterocycles. The van der Waals surface area contributed by atoms with E-state index in [-0.39, 0.29) is 68.4 Å². The fraction of sp³-hybridized carbons (Fsp3) is 0.224. The van der Waals surface area contributed by atoms with Crippen molar-refractivity contribution in [3.63, 3.8) is 0 Å². The van der Waals surface area contributed by atoms with Crippen LogP contribution >= 0.6 is 0 Å². The second kappa shape index (κ2) is 18.1. The molecular formula is C49H49N7O5. The number of amides is 4. The van der Waals surface area contributed by atoms with Crippen molar-refractivity contribution in [1.82, 2.24) is 35.2 Å². The molecule has 6 aromatic rings. The summed E-state index contributed by atoms with van der Waals surface area (Å²) in [6.45, 7) is 4.98. The molecule has 2 aliphatic heterocycles. The zero-order valence-corrected chi connectivity index (χ0v) is 34.1. The summed E-state index contributed by atoms with van der Waals surface area (Å²) in [5.74, 6) is -0.736.